The molecule has 0 radical (unpaired) electrons. The Hall–Kier alpha value is -2.92. The third kappa shape index (κ3) is 2.13. The second-order valence-electron chi connectivity index (χ2n) is 6.11. The van der Waals surface area contributed by atoms with E-state index in [1.54, 1.807) is 18.2 Å². The Balaban J connectivity index is 1.94. The number of aromatic amines is 1. The van der Waals surface area contributed by atoms with E-state index >= 15 is 0 Å². The summed E-state index contributed by atoms with van der Waals surface area (Å²) in [5, 5.41) is 32.8. The Bertz CT molecular complexity index is 974. The molecule has 3 aromatic rings. The van der Waals surface area contributed by atoms with Crippen molar-refractivity contribution in [1.29, 1.82) is 0 Å². The van der Waals surface area contributed by atoms with Gasteiger partial charge in [-0.1, -0.05) is 42.0 Å². The minimum Gasteiger partial charge on any atom is -0.508 e. The number of benzene rings is 2. The number of nitrogens with zero attached hydrogens (tertiary/aromatic N) is 2. The Labute approximate surface area is 139 Å². The predicted octanol–water partition coefficient (Wildman–Crippen LogP) is 3.07. The van der Waals surface area contributed by atoms with Crippen molar-refractivity contribution < 1.29 is 10.2 Å². The first kappa shape index (κ1) is 14.7. The summed E-state index contributed by atoms with van der Waals surface area (Å²) >= 11 is 0. The number of aromatic nitrogens is 3. The minimum absolute atomic E-state index is 0.0698. The van der Waals surface area contributed by atoms with Gasteiger partial charge in [0.05, 0.1) is 0 Å². The van der Waals surface area contributed by atoms with E-state index in [0.717, 1.165) is 16.6 Å². The summed E-state index contributed by atoms with van der Waals surface area (Å²) in [4.78, 5) is 0. The number of para-hydroxylation sites is 1. The number of nitrogens with one attached hydrogen (secondary N) is 1. The van der Waals surface area contributed by atoms with Gasteiger partial charge in [0.25, 0.3) is 0 Å². The second-order valence-corrected chi connectivity index (χ2v) is 6.11. The van der Waals surface area contributed by atoms with Crippen molar-refractivity contribution in [3.05, 3.63) is 77.4 Å². The van der Waals surface area contributed by atoms with Crippen molar-refractivity contribution in [3.8, 4) is 5.75 Å². The van der Waals surface area contributed by atoms with Gasteiger partial charge in [-0.25, -0.2) is 0 Å². The Kier molecular flexibility index (Phi) is 3.25. The highest BCUT2D eigenvalue weighted by Gasteiger charge is 2.40. The van der Waals surface area contributed by atoms with Crippen LogP contribution in [0.5, 0.6) is 5.75 Å². The van der Waals surface area contributed by atoms with Crippen molar-refractivity contribution in [3.63, 3.8) is 0 Å². The highest BCUT2D eigenvalue weighted by molar-refractivity contribution is 5.79. The van der Waals surface area contributed by atoms with E-state index in [2.05, 4.69) is 15.4 Å². The van der Waals surface area contributed by atoms with Gasteiger partial charge in [-0.3, -0.25) is 0 Å². The zero-order valence-corrected chi connectivity index (χ0v) is 13.1. The third-order valence-corrected chi connectivity index (χ3v) is 4.54. The van der Waals surface area contributed by atoms with E-state index in [1.807, 2.05) is 49.4 Å². The Morgan fingerprint density at radius 3 is 2.88 bits per heavy atom. The number of fused-ring (bicyclic) bond motifs is 1. The lowest BCUT2D eigenvalue weighted by atomic mass is 9.74. The molecular formula is C19H17N3O2. The van der Waals surface area contributed by atoms with E-state index in [1.165, 1.54) is 0 Å². The molecule has 0 spiro atoms. The summed E-state index contributed by atoms with van der Waals surface area (Å²) in [6.07, 6.45) is 7.32. The van der Waals surface area contributed by atoms with E-state index in [9.17, 15) is 10.2 Å². The van der Waals surface area contributed by atoms with Crippen molar-refractivity contribution in [2.45, 2.75) is 18.4 Å². The van der Waals surface area contributed by atoms with Crippen LogP contribution in [0, 0.1) is 6.92 Å². The van der Waals surface area contributed by atoms with Gasteiger partial charge in [0.15, 0.2) is 0 Å². The summed E-state index contributed by atoms with van der Waals surface area (Å²) in [6, 6.07) is 10.9. The van der Waals surface area contributed by atoms with Gasteiger partial charge in [-0.2, -0.15) is 15.4 Å². The first-order valence-electron chi connectivity index (χ1n) is 7.77. The molecule has 0 aliphatic heterocycles. The fourth-order valence-electron chi connectivity index (χ4n) is 3.34. The number of hydrogen-bond donors (Lipinski definition) is 3. The standard InChI is InChI=1S/C19H17N3O2/c1-12-8-9-17(23)15(11-12)19(24)10-3-2-6-14(19)13-5-4-7-16-18(13)21-22-20-16/h2-11,14,23-24H,1H3,(H,20,21,22). The van der Waals surface area contributed by atoms with Crippen LogP contribution in [0.25, 0.3) is 11.0 Å². The average molecular weight is 319 g/mol. The van der Waals surface area contributed by atoms with Crippen molar-refractivity contribution in [1.82, 2.24) is 15.4 Å². The van der Waals surface area contributed by atoms with Gasteiger partial charge in [0.1, 0.15) is 22.4 Å². The Morgan fingerprint density at radius 2 is 2.00 bits per heavy atom. The molecule has 0 amide bonds. The van der Waals surface area contributed by atoms with E-state index in [4.69, 9.17) is 0 Å². The van der Waals surface area contributed by atoms with E-state index < -0.39 is 5.60 Å². The van der Waals surface area contributed by atoms with Crippen LogP contribution < -0.4 is 0 Å². The number of phenols is 1. The molecule has 1 aliphatic carbocycles. The molecule has 3 N–H and O–H groups in total. The SMILES string of the molecule is Cc1ccc(O)c(C2(O)C=CC=CC2c2cccc3n[nH]nc23)c1. The number of H-pyrrole nitrogens is 1. The van der Waals surface area contributed by atoms with Gasteiger partial charge < -0.3 is 10.2 Å². The number of aliphatic hydroxyl groups is 1. The summed E-state index contributed by atoms with van der Waals surface area (Å²) in [6.45, 7) is 1.93. The Morgan fingerprint density at radius 1 is 1.12 bits per heavy atom. The predicted molar refractivity (Wildman–Crippen MR) is 91.7 cm³/mol. The van der Waals surface area contributed by atoms with Gasteiger partial charge in [0, 0.05) is 11.5 Å². The molecule has 0 saturated carbocycles. The molecule has 1 heterocycles. The average Bonchev–Trinajstić information content (AvgIpc) is 3.06. The number of hydrogen-bond acceptors (Lipinski definition) is 4. The molecule has 2 unspecified atom stereocenters. The molecule has 24 heavy (non-hydrogen) atoms. The van der Waals surface area contributed by atoms with Gasteiger partial charge in [-0.15, -0.1) is 0 Å². The van der Waals surface area contributed by atoms with Crippen LogP contribution in [-0.2, 0) is 5.60 Å². The zero-order valence-electron chi connectivity index (χ0n) is 13.1. The maximum atomic E-state index is 11.5. The van der Waals surface area contributed by atoms with Crippen LogP contribution in [0.1, 0.15) is 22.6 Å². The van der Waals surface area contributed by atoms with Crippen molar-refractivity contribution in [2.24, 2.45) is 0 Å². The topological polar surface area (TPSA) is 82.0 Å². The molecule has 120 valence electrons. The van der Waals surface area contributed by atoms with Crippen LogP contribution in [0.15, 0.2) is 60.7 Å². The molecule has 2 aromatic carbocycles. The smallest absolute Gasteiger partial charge is 0.122 e. The largest absolute Gasteiger partial charge is 0.508 e. The van der Waals surface area contributed by atoms with Crippen LogP contribution in [0.4, 0.5) is 0 Å². The number of allylic oxidation sites excluding steroid dienone is 2. The minimum atomic E-state index is -1.36. The van der Waals surface area contributed by atoms with E-state index in [0.29, 0.717) is 11.1 Å². The molecule has 5 heteroatoms. The maximum absolute atomic E-state index is 11.5. The molecule has 4 rings (SSSR count). The molecule has 0 saturated heterocycles. The number of aromatic hydroxyl groups is 1. The molecule has 1 aliphatic rings. The molecule has 2 atom stereocenters. The van der Waals surface area contributed by atoms with Crippen LogP contribution in [0.3, 0.4) is 0 Å². The number of phenolic OH excluding ortho intramolecular Hbond substituents is 1. The summed E-state index contributed by atoms with van der Waals surface area (Å²) < 4.78 is 0. The first-order chi connectivity index (χ1) is 11.6. The summed E-state index contributed by atoms with van der Waals surface area (Å²) in [5.41, 5.74) is 2.40. The lowest BCUT2D eigenvalue weighted by molar-refractivity contribution is 0.0698. The van der Waals surface area contributed by atoms with Crippen LogP contribution in [-0.4, -0.2) is 25.6 Å². The van der Waals surface area contributed by atoms with Crippen LogP contribution >= 0.6 is 0 Å². The second kappa shape index (κ2) is 5.32. The monoisotopic (exact) mass is 319 g/mol. The summed E-state index contributed by atoms with van der Waals surface area (Å²) in [7, 11) is 0. The molecule has 0 fully saturated rings. The normalized spacial score (nSPS) is 23.0. The number of aryl methyl sites for hydroxylation is 1. The van der Waals surface area contributed by atoms with Crippen molar-refractivity contribution in [2.75, 3.05) is 0 Å². The highest BCUT2D eigenvalue weighted by atomic mass is 16.3. The number of rotatable bonds is 2. The van der Waals surface area contributed by atoms with E-state index in [-0.39, 0.29) is 11.7 Å². The first-order valence-corrected chi connectivity index (χ1v) is 7.77. The quantitative estimate of drug-likeness (QED) is 0.678. The summed E-state index contributed by atoms with van der Waals surface area (Å²) in [5.74, 6) is -0.315. The molecule has 1 aromatic heterocycles. The van der Waals surface area contributed by atoms with Crippen LogP contribution in [0.2, 0.25) is 0 Å². The maximum Gasteiger partial charge on any atom is 0.122 e. The lowest BCUT2D eigenvalue weighted by Crippen LogP contribution is -2.32. The fraction of sp³-hybridized carbons (Fsp3) is 0.158. The molecule has 5 nitrogen and oxygen atoms in total. The highest BCUT2D eigenvalue weighted by Crippen LogP contribution is 2.45. The zero-order chi connectivity index (χ0) is 16.7. The van der Waals surface area contributed by atoms with Gasteiger partial charge >= 0.3 is 0 Å². The lowest BCUT2D eigenvalue weighted by Gasteiger charge is -2.35. The molecular weight excluding hydrogens is 302 g/mol. The fourth-order valence-corrected chi connectivity index (χ4v) is 3.34. The molecule has 0 bridgehead atoms. The van der Waals surface area contributed by atoms with Gasteiger partial charge in [-0.05, 0) is 36.8 Å². The third-order valence-electron chi connectivity index (χ3n) is 4.54. The van der Waals surface area contributed by atoms with Crippen molar-refractivity contribution >= 4 is 11.0 Å². The van der Waals surface area contributed by atoms with Gasteiger partial charge in [0.2, 0.25) is 0 Å².